The monoisotopic (exact) mass is 530 g/mol. The summed E-state index contributed by atoms with van der Waals surface area (Å²) in [5, 5.41) is 17.0. The number of aromatic nitrogens is 5. The van der Waals surface area contributed by atoms with E-state index in [1.807, 2.05) is 18.2 Å². The Morgan fingerprint density at radius 3 is 2.97 bits per heavy atom. The van der Waals surface area contributed by atoms with E-state index in [0.29, 0.717) is 40.9 Å². The molecular formula is C22H23ClN8O4S. The average molecular weight is 531 g/mol. The normalized spacial score (nSPS) is 21.6. The summed E-state index contributed by atoms with van der Waals surface area (Å²) in [6.45, 7) is 0.744. The Morgan fingerprint density at radius 2 is 2.19 bits per heavy atom. The molecule has 0 aliphatic carbocycles. The molecule has 0 bridgehead atoms. The first-order valence-electron chi connectivity index (χ1n) is 11.0. The first kappa shape index (κ1) is 24.3. The summed E-state index contributed by atoms with van der Waals surface area (Å²) in [4.78, 5) is 26.1. The number of amides is 1. The number of likely N-dealkylation sites (N-methyl/N-ethyl adjacent to an activating group) is 1. The molecule has 1 saturated heterocycles. The molecule has 5 rings (SSSR count). The Balaban J connectivity index is 1.36. The molecule has 188 valence electrons. The van der Waals surface area contributed by atoms with Gasteiger partial charge in [-0.2, -0.15) is 0 Å². The lowest BCUT2D eigenvalue weighted by molar-refractivity contribution is -0.134. The van der Waals surface area contributed by atoms with Gasteiger partial charge in [-0.3, -0.25) is 9.36 Å². The van der Waals surface area contributed by atoms with Crippen LogP contribution in [0.2, 0.25) is 5.02 Å². The summed E-state index contributed by atoms with van der Waals surface area (Å²) >= 11 is 7.61. The molecule has 4 atom stereocenters. The molecule has 36 heavy (non-hydrogen) atoms. The fourth-order valence-electron chi connectivity index (χ4n) is 3.94. The van der Waals surface area contributed by atoms with Crippen LogP contribution < -0.4 is 21.1 Å². The van der Waals surface area contributed by atoms with Crippen LogP contribution in [0, 0.1) is 0 Å². The SMILES string of the molecule is CNC(=O)[C@H]1O[C@@H](n2cnc3c(NCc4cc(Cl)ccc4OCc4ccns4)ncnc32)[C@H](O)[C@@H]1N. The molecule has 0 unspecified atom stereocenters. The number of nitrogens with one attached hydrogen (secondary N) is 2. The second-order valence-corrected chi connectivity index (χ2v) is 9.40. The lowest BCUT2D eigenvalue weighted by Crippen LogP contribution is -2.46. The quantitative estimate of drug-likeness (QED) is 0.262. The highest BCUT2D eigenvalue weighted by Crippen LogP contribution is 2.32. The molecule has 3 aromatic heterocycles. The van der Waals surface area contributed by atoms with E-state index in [0.717, 1.165) is 10.4 Å². The number of rotatable bonds is 8. The van der Waals surface area contributed by atoms with E-state index >= 15 is 0 Å². The van der Waals surface area contributed by atoms with Crippen molar-refractivity contribution in [2.75, 3.05) is 12.4 Å². The van der Waals surface area contributed by atoms with Crippen LogP contribution in [-0.4, -0.2) is 60.2 Å². The number of nitrogens with two attached hydrogens (primary N) is 1. The van der Waals surface area contributed by atoms with Gasteiger partial charge in [0.2, 0.25) is 0 Å². The van der Waals surface area contributed by atoms with Crippen LogP contribution in [0.4, 0.5) is 5.82 Å². The lowest BCUT2D eigenvalue weighted by atomic mass is 10.1. The third-order valence-electron chi connectivity index (χ3n) is 5.79. The van der Waals surface area contributed by atoms with Crippen molar-refractivity contribution in [1.29, 1.82) is 0 Å². The van der Waals surface area contributed by atoms with Gasteiger partial charge in [0.25, 0.3) is 5.91 Å². The average Bonchev–Trinajstić information content (AvgIpc) is 3.62. The van der Waals surface area contributed by atoms with Gasteiger partial charge in [-0.15, -0.1) is 0 Å². The molecule has 12 nitrogen and oxygen atoms in total. The van der Waals surface area contributed by atoms with Crippen molar-refractivity contribution in [3.05, 3.63) is 58.6 Å². The summed E-state index contributed by atoms with van der Waals surface area (Å²) in [6, 6.07) is 6.40. The number of halogens is 1. The Bertz CT molecular complexity index is 1370. The van der Waals surface area contributed by atoms with Crippen molar-refractivity contribution in [1.82, 2.24) is 29.2 Å². The number of ether oxygens (including phenoxy) is 2. The van der Waals surface area contributed by atoms with Gasteiger partial charge < -0.3 is 30.9 Å². The van der Waals surface area contributed by atoms with E-state index in [2.05, 4.69) is 30.0 Å². The lowest BCUT2D eigenvalue weighted by Gasteiger charge is -2.17. The predicted molar refractivity (Wildman–Crippen MR) is 133 cm³/mol. The van der Waals surface area contributed by atoms with Gasteiger partial charge in [0.1, 0.15) is 24.8 Å². The maximum absolute atomic E-state index is 12.1. The Labute approximate surface area is 214 Å². The molecule has 1 amide bonds. The van der Waals surface area contributed by atoms with Crippen LogP contribution >= 0.6 is 23.1 Å². The summed E-state index contributed by atoms with van der Waals surface area (Å²) in [6.07, 6.45) is 1.50. The number of aliphatic hydroxyl groups is 1. The van der Waals surface area contributed by atoms with Crippen LogP contribution in [0.1, 0.15) is 16.7 Å². The molecular weight excluding hydrogens is 508 g/mol. The molecule has 4 heterocycles. The van der Waals surface area contributed by atoms with Crippen molar-refractivity contribution >= 4 is 46.0 Å². The van der Waals surface area contributed by atoms with Crippen LogP contribution in [-0.2, 0) is 22.7 Å². The van der Waals surface area contributed by atoms with Gasteiger partial charge in [-0.1, -0.05) is 11.6 Å². The Hall–Kier alpha value is -3.36. The number of hydrogen-bond donors (Lipinski definition) is 4. The van der Waals surface area contributed by atoms with Crippen LogP contribution in [0.15, 0.2) is 43.1 Å². The number of fused-ring (bicyclic) bond motifs is 1. The Kier molecular flexibility index (Phi) is 6.98. The van der Waals surface area contributed by atoms with E-state index < -0.39 is 30.4 Å². The minimum Gasteiger partial charge on any atom is -0.488 e. The maximum atomic E-state index is 12.1. The molecule has 1 aliphatic rings. The number of aliphatic hydroxyl groups excluding tert-OH is 1. The van der Waals surface area contributed by atoms with E-state index in [4.69, 9.17) is 26.8 Å². The highest BCUT2D eigenvalue weighted by molar-refractivity contribution is 7.05. The van der Waals surface area contributed by atoms with Gasteiger partial charge in [0.05, 0.1) is 17.2 Å². The Morgan fingerprint density at radius 1 is 1.33 bits per heavy atom. The summed E-state index contributed by atoms with van der Waals surface area (Å²) < 4.78 is 17.4. The largest absolute Gasteiger partial charge is 0.488 e. The third kappa shape index (κ3) is 4.70. The van der Waals surface area contributed by atoms with E-state index in [1.54, 1.807) is 16.8 Å². The summed E-state index contributed by atoms with van der Waals surface area (Å²) in [5.41, 5.74) is 7.72. The summed E-state index contributed by atoms with van der Waals surface area (Å²) in [7, 11) is 1.48. The molecule has 0 radical (unpaired) electrons. The molecule has 14 heteroatoms. The minimum atomic E-state index is -1.14. The van der Waals surface area contributed by atoms with E-state index in [1.165, 1.54) is 31.2 Å². The molecule has 1 fully saturated rings. The molecule has 4 aromatic rings. The zero-order valence-corrected chi connectivity index (χ0v) is 20.6. The zero-order valence-electron chi connectivity index (χ0n) is 19.0. The van der Waals surface area contributed by atoms with Crippen LogP contribution in [0.3, 0.4) is 0 Å². The fraction of sp³-hybridized carbons (Fsp3) is 0.318. The zero-order chi connectivity index (χ0) is 25.2. The van der Waals surface area contributed by atoms with Crippen molar-refractivity contribution in [2.24, 2.45) is 5.73 Å². The number of carbonyl (C=O) groups is 1. The molecule has 0 saturated carbocycles. The number of benzene rings is 1. The first-order chi connectivity index (χ1) is 17.5. The van der Waals surface area contributed by atoms with Crippen molar-refractivity contribution in [2.45, 2.75) is 37.6 Å². The second kappa shape index (κ2) is 10.3. The minimum absolute atomic E-state index is 0.351. The second-order valence-electron chi connectivity index (χ2n) is 8.05. The van der Waals surface area contributed by atoms with Gasteiger partial charge in [0.15, 0.2) is 29.3 Å². The standard InChI is InChI=1S/C22H23ClN8O4S/c1-25-21(33)18-15(24)17(32)22(35-18)31-10-29-16-19(27-9-28-20(16)31)26-7-11-6-12(23)2-3-14(11)34-8-13-4-5-30-36-13/h2-6,9-10,15,17-18,22,32H,7-8,24H2,1H3,(H,25,33)(H,26,27,28)/t15-,17+,18-,22+/m0/s1. The number of nitrogens with zero attached hydrogens (tertiary/aromatic N) is 5. The van der Waals surface area contributed by atoms with Gasteiger partial charge in [-0.25, -0.2) is 19.3 Å². The third-order valence-corrected chi connectivity index (χ3v) is 6.74. The number of imidazole rings is 1. The van der Waals surface area contributed by atoms with Gasteiger partial charge >= 0.3 is 0 Å². The topological polar surface area (TPSA) is 162 Å². The smallest absolute Gasteiger partial charge is 0.250 e. The summed E-state index contributed by atoms with van der Waals surface area (Å²) in [5.74, 6) is 0.722. The highest BCUT2D eigenvalue weighted by Gasteiger charge is 2.46. The fourth-order valence-corrected chi connectivity index (χ4v) is 4.62. The molecule has 1 aromatic carbocycles. The van der Waals surface area contributed by atoms with Crippen molar-refractivity contribution < 1.29 is 19.4 Å². The molecule has 5 N–H and O–H groups in total. The van der Waals surface area contributed by atoms with Crippen molar-refractivity contribution in [3.8, 4) is 5.75 Å². The number of hydrogen-bond acceptors (Lipinski definition) is 11. The first-order valence-corrected chi connectivity index (χ1v) is 12.1. The van der Waals surface area contributed by atoms with Gasteiger partial charge in [-0.05, 0) is 35.8 Å². The van der Waals surface area contributed by atoms with E-state index in [-0.39, 0.29) is 0 Å². The predicted octanol–water partition coefficient (Wildman–Crippen LogP) is 1.46. The van der Waals surface area contributed by atoms with E-state index in [9.17, 15) is 9.90 Å². The molecule has 1 aliphatic heterocycles. The highest BCUT2D eigenvalue weighted by atomic mass is 35.5. The van der Waals surface area contributed by atoms with Crippen LogP contribution in [0.25, 0.3) is 11.2 Å². The number of anilines is 1. The maximum Gasteiger partial charge on any atom is 0.250 e. The van der Waals surface area contributed by atoms with Gasteiger partial charge in [0, 0.05) is 30.4 Å². The van der Waals surface area contributed by atoms with Crippen LogP contribution in [0.5, 0.6) is 5.75 Å². The number of carbonyl (C=O) groups excluding carboxylic acids is 1. The van der Waals surface area contributed by atoms with Crippen molar-refractivity contribution in [3.63, 3.8) is 0 Å². The molecule has 0 spiro atoms.